The van der Waals surface area contributed by atoms with Gasteiger partial charge in [0.15, 0.2) is 0 Å². The van der Waals surface area contributed by atoms with E-state index in [9.17, 15) is 19.2 Å². The number of anilines is 4. The van der Waals surface area contributed by atoms with E-state index in [4.69, 9.17) is 60.5 Å². The van der Waals surface area contributed by atoms with Crippen LogP contribution in [0.3, 0.4) is 0 Å². The second-order valence-electron chi connectivity index (χ2n) is 24.4. The number of halogens is 1. The SMILES string of the molecule is COC(=O)[C@@H]1c2ccccc2C(=O)N(c2ccc(C(C)(C)C)c(Cl)c2)[C@H]1c1ccc2c(c1)N(CCOCCOCCOCCOCCOCCNC(=O)[C@@H]1C[C@@H]3CCCC[C@@H]3N1c1cc([C@H](C)NC(=O)c3ccc(-c4ccc(N)cc4)cc3)nc(C)n1)CCO2. The average Bonchev–Trinajstić information content (AvgIpc) is 0.803. The van der Waals surface area contributed by atoms with Crippen molar-refractivity contribution in [2.45, 2.75) is 102 Å². The van der Waals surface area contributed by atoms with E-state index in [2.05, 4.69) is 41.2 Å². The highest BCUT2D eigenvalue weighted by Gasteiger charge is 2.48. The van der Waals surface area contributed by atoms with Crippen molar-refractivity contribution in [2.75, 3.05) is 120 Å². The molecule has 0 bridgehead atoms. The lowest BCUT2D eigenvalue weighted by Gasteiger charge is -2.42. The third kappa shape index (κ3) is 15.7. The summed E-state index contributed by atoms with van der Waals surface area (Å²) in [5.41, 5.74) is 13.7. The zero-order valence-electron chi connectivity index (χ0n) is 52.6. The quantitative estimate of drug-likeness (QED) is 0.0248. The summed E-state index contributed by atoms with van der Waals surface area (Å²) < 4.78 is 40.6. The number of nitrogens with one attached hydrogen (secondary N) is 2. The second-order valence-corrected chi connectivity index (χ2v) is 24.8. The summed E-state index contributed by atoms with van der Waals surface area (Å²) in [6.07, 6.45) is 5.05. The highest BCUT2D eigenvalue weighted by atomic mass is 35.5. The molecule has 1 aromatic heterocycles. The molecule has 3 aliphatic heterocycles. The van der Waals surface area contributed by atoms with Gasteiger partial charge in [0, 0.05) is 52.7 Å². The number of fused-ring (bicyclic) bond motifs is 3. The van der Waals surface area contributed by atoms with Crippen molar-refractivity contribution < 1.29 is 52.3 Å². The van der Waals surface area contributed by atoms with Gasteiger partial charge in [-0.1, -0.05) is 99.8 Å². The van der Waals surface area contributed by atoms with Gasteiger partial charge in [-0.25, -0.2) is 9.97 Å². The maximum atomic E-state index is 14.6. The molecule has 4 aliphatic rings. The Morgan fingerprint density at radius 3 is 2.11 bits per heavy atom. The van der Waals surface area contributed by atoms with Crippen LogP contribution in [-0.2, 0) is 43.4 Å². The minimum Gasteiger partial charge on any atom is -0.490 e. The first kappa shape index (κ1) is 65.3. The highest BCUT2D eigenvalue weighted by molar-refractivity contribution is 6.32. The zero-order chi connectivity index (χ0) is 63.3. The van der Waals surface area contributed by atoms with Crippen LogP contribution < -0.4 is 35.8 Å². The minimum absolute atomic E-state index is 0.0509. The third-order valence-corrected chi connectivity index (χ3v) is 17.7. The molecule has 4 N–H and O–H groups in total. The standard InChI is InChI=1S/C70H85ClN8O11/c1-45(74-66(80)49-17-15-47(16-18-49)48-19-22-52(72)23-20-48)58-44-63(76-46(2)75-58)79-59-14-10-7-11-50(59)41-61(79)67(81)73-27-30-85-33-35-87-37-39-89-40-38-88-36-34-86-31-28-77-29-32-90-62-26-21-51(42-60(62)77)65-64(69(83)84-6)54-12-8-9-13-55(54)68(82)78(65)53-24-25-56(57(71)43-53)70(3,4)5/h8-9,12-13,15-26,42-45,50,59,61,64-65H,7,10-11,14,27-41,72H2,1-6H3,(H,73,81)(H,74,80)/t45-,50-,59-,61-,64+,65-/m0/s1. The van der Waals surface area contributed by atoms with Crippen LogP contribution in [0.1, 0.15) is 127 Å². The molecule has 1 aliphatic carbocycles. The summed E-state index contributed by atoms with van der Waals surface area (Å²) >= 11 is 6.92. The van der Waals surface area contributed by atoms with Crippen LogP contribution >= 0.6 is 11.6 Å². The van der Waals surface area contributed by atoms with Crippen LogP contribution in [0.15, 0.2) is 115 Å². The molecule has 0 spiro atoms. The van der Waals surface area contributed by atoms with Gasteiger partial charge in [0.25, 0.3) is 11.8 Å². The molecule has 2 fully saturated rings. The zero-order valence-corrected chi connectivity index (χ0v) is 53.3. The number of amides is 3. The Morgan fingerprint density at radius 1 is 0.778 bits per heavy atom. The summed E-state index contributed by atoms with van der Waals surface area (Å²) in [6.45, 7) is 16.1. The number of rotatable bonds is 27. The maximum Gasteiger partial charge on any atom is 0.315 e. The molecule has 20 heteroatoms. The normalized spacial score (nSPS) is 19.1. The highest BCUT2D eigenvalue weighted by Crippen LogP contribution is 2.49. The summed E-state index contributed by atoms with van der Waals surface area (Å²) in [5.74, 6) is 0.596. The van der Waals surface area contributed by atoms with Gasteiger partial charge in [-0.15, -0.1) is 0 Å². The van der Waals surface area contributed by atoms with Gasteiger partial charge in [0.05, 0.1) is 103 Å². The molecular weight excluding hydrogens is 1160 g/mol. The number of hydrogen-bond acceptors (Lipinski definition) is 16. The molecule has 90 heavy (non-hydrogen) atoms. The molecule has 19 nitrogen and oxygen atoms in total. The summed E-state index contributed by atoms with van der Waals surface area (Å²) in [7, 11) is 1.37. The number of nitrogens with two attached hydrogens (primary N) is 1. The Kier molecular flexibility index (Phi) is 22.1. The lowest BCUT2D eigenvalue weighted by Crippen LogP contribution is -2.48. The van der Waals surface area contributed by atoms with E-state index < -0.39 is 24.0 Å². The number of carbonyl (C=O) groups excluding carboxylic acids is 4. The van der Waals surface area contributed by atoms with E-state index in [1.807, 2.05) is 117 Å². The van der Waals surface area contributed by atoms with Crippen LogP contribution in [0, 0.1) is 12.8 Å². The van der Waals surface area contributed by atoms with Gasteiger partial charge < -0.3 is 59.3 Å². The fourth-order valence-electron chi connectivity index (χ4n) is 12.8. The van der Waals surface area contributed by atoms with Crippen molar-refractivity contribution >= 4 is 58.2 Å². The van der Waals surface area contributed by atoms with Crippen LogP contribution in [0.5, 0.6) is 5.75 Å². The number of nitrogen functional groups attached to an aromatic ring is 1. The number of hydrogen-bond donors (Lipinski definition) is 3. The first-order chi connectivity index (χ1) is 43.6. The molecule has 0 unspecified atom stereocenters. The fraction of sp³-hybridized carbons (Fsp3) is 0.457. The Morgan fingerprint density at radius 2 is 1.43 bits per heavy atom. The number of methoxy groups -OCH3 is 1. The minimum atomic E-state index is -0.824. The number of nitrogens with zero attached hydrogens (tertiary/aromatic N) is 5. The number of ether oxygens (including phenoxy) is 7. The smallest absolute Gasteiger partial charge is 0.315 e. The first-order valence-electron chi connectivity index (χ1n) is 31.5. The Bertz CT molecular complexity index is 3440. The van der Waals surface area contributed by atoms with Crippen molar-refractivity contribution in [1.82, 2.24) is 20.6 Å². The molecule has 1 saturated heterocycles. The number of esters is 1. The summed E-state index contributed by atoms with van der Waals surface area (Å²) in [4.78, 5) is 71.5. The van der Waals surface area contributed by atoms with Crippen molar-refractivity contribution in [3.05, 3.63) is 160 Å². The van der Waals surface area contributed by atoms with E-state index in [1.54, 1.807) is 17.0 Å². The maximum absolute atomic E-state index is 14.6. The van der Waals surface area contributed by atoms with E-state index in [-0.39, 0.29) is 35.2 Å². The van der Waals surface area contributed by atoms with Gasteiger partial charge in [0.2, 0.25) is 5.91 Å². The molecule has 0 radical (unpaired) electrons. The van der Waals surface area contributed by atoms with E-state index in [0.29, 0.717) is 154 Å². The largest absolute Gasteiger partial charge is 0.490 e. The van der Waals surface area contributed by atoms with Crippen molar-refractivity contribution in [3.63, 3.8) is 0 Å². The number of aromatic nitrogens is 2. The van der Waals surface area contributed by atoms with Crippen LogP contribution in [0.25, 0.3) is 11.1 Å². The molecule has 5 aromatic carbocycles. The first-order valence-corrected chi connectivity index (χ1v) is 31.8. The van der Waals surface area contributed by atoms with E-state index in [0.717, 1.165) is 60.0 Å². The topological polar surface area (TPSA) is 218 Å². The number of benzene rings is 5. The van der Waals surface area contributed by atoms with Gasteiger partial charge in [-0.3, -0.25) is 24.1 Å². The van der Waals surface area contributed by atoms with Gasteiger partial charge in [0.1, 0.15) is 36.0 Å². The lowest BCUT2D eigenvalue weighted by atomic mass is 9.79. The molecule has 1 saturated carbocycles. The lowest BCUT2D eigenvalue weighted by molar-refractivity contribution is -0.143. The molecule has 6 atom stereocenters. The predicted octanol–water partition coefficient (Wildman–Crippen LogP) is 10.4. The Hall–Kier alpha value is -7.65. The van der Waals surface area contributed by atoms with Gasteiger partial charge in [-0.2, -0.15) is 0 Å². The summed E-state index contributed by atoms with van der Waals surface area (Å²) in [6, 6.07) is 34.4. The molecule has 6 aromatic rings. The van der Waals surface area contributed by atoms with E-state index in [1.165, 1.54) is 7.11 Å². The van der Waals surface area contributed by atoms with Crippen molar-refractivity contribution in [2.24, 2.45) is 5.92 Å². The van der Waals surface area contributed by atoms with E-state index >= 15 is 0 Å². The van der Waals surface area contributed by atoms with Crippen LogP contribution in [-0.4, -0.2) is 145 Å². The fourth-order valence-corrected chi connectivity index (χ4v) is 13.3. The number of aryl methyl sites for hydroxylation is 1. The second kappa shape index (κ2) is 30.4. The summed E-state index contributed by atoms with van der Waals surface area (Å²) in [5, 5.41) is 6.77. The molecule has 478 valence electrons. The Balaban J connectivity index is 0.610. The van der Waals surface area contributed by atoms with Crippen LogP contribution in [0.4, 0.5) is 22.9 Å². The van der Waals surface area contributed by atoms with Gasteiger partial charge >= 0.3 is 5.97 Å². The average molecular weight is 1250 g/mol. The molecule has 3 amide bonds. The third-order valence-electron chi connectivity index (χ3n) is 17.3. The predicted molar refractivity (Wildman–Crippen MR) is 348 cm³/mol. The molecular formula is C70H85ClN8O11. The van der Waals surface area contributed by atoms with Gasteiger partial charge in [-0.05, 0) is 127 Å². The van der Waals surface area contributed by atoms with Crippen molar-refractivity contribution in [3.8, 4) is 16.9 Å². The van der Waals surface area contributed by atoms with Crippen molar-refractivity contribution in [1.29, 1.82) is 0 Å². The molecule has 10 rings (SSSR count). The Labute approximate surface area is 533 Å². The number of carbonyl (C=O) groups is 4. The molecule has 4 heterocycles. The monoisotopic (exact) mass is 1250 g/mol. The van der Waals surface area contributed by atoms with Crippen LogP contribution in [0.2, 0.25) is 5.02 Å².